The first kappa shape index (κ1) is 47.9. The van der Waals surface area contributed by atoms with Gasteiger partial charge in [0.15, 0.2) is 17.3 Å². The highest BCUT2D eigenvalue weighted by Gasteiger charge is 2.22. The number of nitrogens with zero attached hydrogens (tertiary/aromatic N) is 8. The summed E-state index contributed by atoms with van der Waals surface area (Å²) < 4.78 is 28.0. The smallest absolute Gasteiger partial charge is 0.335 e. The van der Waals surface area contributed by atoms with Crippen molar-refractivity contribution in [2.24, 2.45) is 0 Å². The number of halogens is 6. The normalized spacial score (nSPS) is 10.6. The molecule has 0 saturated carbocycles. The highest BCUT2D eigenvalue weighted by atomic mass is 35.5. The van der Waals surface area contributed by atoms with E-state index in [2.05, 4.69) is 39.9 Å². The molecule has 0 atom stereocenters. The lowest BCUT2D eigenvalue weighted by atomic mass is 10.0. The second kappa shape index (κ2) is 21.5. The van der Waals surface area contributed by atoms with Crippen LogP contribution in [0.1, 0.15) is 47.0 Å². The van der Waals surface area contributed by atoms with Gasteiger partial charge in [0, 0.05) is 34.6 Å². The van der Waals surface area contributed by atoms with Crippen LogP contribution in [0.15, 0.2) is 146 Å². The predicted octanol–water partition coefficient (Wildman–Crippen LogP) is 11.2. The van der Waals surface area contributed by atoms with Crippen LogP contribution >= 0.6 is 46.4 Å². The molecular weight excluding hydrogens is 964 g/mol. The Morgan fingerprint density at radius 2 is 0.956 bits per heavy atom. The number of carbonyl (C=O) groups is 4. The summed E-state index contributed by atoms with van der Waals surface area (Å²) in [4.78, 5) is 77.8. The average molecular weight is 991 g/mol. The van der Waals surface area contributed by atoms with Crippen molar-refractivity contribution in [1.29, 1.82) is 0 Å². The average Bonchev–Trinajstić information content (AvgIpc) is 3.35. The maximum absolute atomic E-state index is 14.1. The number of fused-ring (bicyclic) bond motifs is 4. The minimum absolute atomic E-state index is 0.0467. The molecule has 10 rings (SSSR count). The number of phenolic OH excluding ortho intramolecular Hbond substituents is 1. The Hall–Kier alpha value is -8.02. The Morgan fingerprint density at radius 1 is 0.485 bits per heavy atom. The number of benzene rings is 6. The molecule has 0 spiro atoms. The van der Waals surface area contributed by atoms with E-state index in [1.165, 1.54) is 42.9 Å². The fourth-order valence-corrected chi connectivity index (χ4v) is 6.63. The summed E-state index contributed by atoms with van der Waals surface area (Å²) in [6.07, 6.45) is 7.60. The summed E-state index contributed by atoms with van der Waals surface area (Å²) in [5.41, 5.74) is 6.46. The van der Waals surface area contributed by atoms with Crippen molar-refractivity contribution < 1.29 is 38.2 Å². The lowest BCUT2D eigenvalue weighted by Crippen LogP contribution is -2.08. The van der Waals surface area contributed by atoms with Crippen molar-refractivity contribution >= 4 is 113 Å². The van der Waals surface area contributed by atoms with Crippen LogP contribution in [0, 0.1) is 11.6 Å². The van der Waals surface area contributed by atoms with Gasteiger partial charge in [0.2, 0.25) is 0 Å². The zero-order valence-corrected chi connectivity index (χ0v) is 37.3. The van der Waals surface area contributed by atoms with Gasteiger partial charge in [-0.2, -0.15) is 0 Å². The molecule has 10 aromatic rings. The summed E-state index contributed by atoms with van der Waals surface area (Å²) in [7, 11) is 0. The lowest BCUT2D eigenvalue weighted by molar-refractivity contribution is 0.0696. The molecule has 0 aliphatic heterocycles. The van der Waals surface area contributed by atoms with Crippen LogP contribution in [0.4, 0.5) is 8.78 Å². The Bertz CT molecular complexity index is 3580. The fourth-order valence-electron chi connectivity index (χ4n) is 6.11. The first-order valence-electron chi connectivity index (χ1n) is 19.4. The number of hydrogen-bond acceptors (Lipinski definition) is 13. The van der Waals surface area contributed by atoms with Gasteiger partial charge in [-0.1, -0.05) is 53.5 Å². The first-order valence-corrected chi connectivity index (χ1v) is 20.9. The summed E-state index contributed by atoms with van der Waals surface area (Å²) in [5.74, 6) is -4.95. The molecule has 6 aromatic carbocycles. The largest absolute Gasteiger partial charge is 0.505 e. The molecule has 4 aromatic heterocycles. The van der Waals surface area contributed by atoms with Gasteiger partial charge < -0.3 is 10.2 Å². The Kier molecular flexibility index (Phi) is 15.2. The molecule has 20 heteroatoms. The van der Waals surface area contributed by atoms with Gasteiger partial charge in [-0.05, 0) is 108 Å². The molecule has 0 fully saturated rings. The predicted molar refractivity (Wildman–Crippen MR) is 252 cm³/mol. The Morgan fingerprint density at radius 3 is 1.59 bits per heavy atom. The standard InChI is InChI=1S/C21H12F2N2O2.2C9H4Cl2N2O.C9H6N2O2/c22-14-7-9-18(26)20(23)19(14)21(27)13-6-8-15-16(10-13)25-17(11-24-15)12-4-2-1-3-5-12;10-8-4-12-7-3-5(9(11)14)1-2-6(7)13-8;10-8-4-12-6-2-1-5(9(11)14)3-7(6)13-8;12-9(13)6-1-2-7-8(5-6)11-4-3-10-7/h1-11,26H;2*1-4H;1-5H,(H,12,13). The number of carboxylic acids is 1. The highest BCUT2D eigenvalue weighted by Crippen LogP contribution is 2.26. The Labute approximate surface area is 401 Å². The minimum atomic E-state index is -1.29. The summed E-state index contributed by atoms with van der Waals surface area (Å²) in [6, 6.07) is 29.8. The van der Waals surface area contributed by atoms with Crippen LogP contribution in [0.3, 0.4) is 0 Å². The summed E-state index contributed by atoms with van der Waals surface area (Å²) in [6.45, 7) is 0. The monoisotopic (exact) mass is 988 g/mol. The van der Waals surface area contributed by atoms with Crippen LogP contribution in [-0.2, 0) is 0 Å². The van der Waals surface area contributed by atoms with E-state index < -0.39 is 45.2 Å². The van der Waals surface area contributed by atoms with Crippen molar-refractivity contribution in [3.05, 3.63) is 196 Å². The maximum Gasteiger partial charge on any atom is 0.335 e. The zero-order chi connectivity index (χ0) is 48.5. The fraction of sp³-hybridized carbons (Fsp3) is 0. The van der Waals surface area contributed by atoms with Crippen LogP contribution in [0.25, 0.3) is 55.4 Å². The van der Waals surface area contributed by atoms with Gasteiger partial charge in [0.05, 0.1) is 79.5 Å². The number of aromatic nitrogens is 8. The first-order chi connectivity index (χ1) is 32.6. The van der Waals surface area contributed by atoms with Crippen LogP contribution in [0.5, 0.6) is 5.75 Å². The van der Waals surface area contributed by atoms with E-state index in [0.29, 0.717) is 66.1 Å². The van der Waals surface area contributed by atoms with Crippen LogP contribution < -0.4 is 0 Å². The number of aromatic hydroxyl groups is 1. The van der Waals surface area contributed by atoms with Gasteiger partial charge in [-0.25, -0.2) is 28.5 Å². The molecule has 0 aliphatic carbocycles. The van der Waals surface area contributed by atoms with Gasteiger partial charge in [0.25, 0.3) is 10.5 Å². The molecule has 0 bridgehead atoms. The van der Waals surface area contributed by atoms with Crippen molar-refractivity contribution in [2.45, 2.75) is 0 Å². The third-order valence-corrected chi connectivity index (χ3v) is 10.2. The zero-order valence-electron chi connectivity index (χ0n) is 34.2. The quantitative estimate of drug-likeness (QED) is 0.117. The van der Waals surface area contributed by atoms with E-state index in [1.807, 2.05) is 30.3 Å². The van der Waals surface area contributed by atoms with E-state index in [9.17, 15) is 33.1 Å². The minimum Gasteiger partial charge on any atom is -0.505 e. The third kappa shape index (κ3) is 11.7. The van der Waals surface area contributed by atoms with Gasteiger partial charge in [-0.15, -0.1) is 0 Å². The molecule has 0 unspecified atom stereocenters. The van der Waals surface area contributed by atoms with Crippen LogP contribution in [0.2, 0.25) is 10.3 Å². The molecule has 68 heavy (non-hydrogen) atoms. The number of carboxylic acid groups (broad SMARTS) is 1. The third-order valence-electron chi connectivity index (χ3n) is 9.37. The second-order valence-corrected chi connectivity index (χ2v) is 15.3. The van der Waals surface area contributed by atoms with Crippen molar-refractivity contribution in [2.75, 3.05) is 0 Å². The molecule has 0 aliphatic rings. The molecule has 14 nitrogen and oxygen atoms in total. The number of hydrogen-bond donors (Lipinski definition) is 2. The molecule has 4 heterocycles. The molecule has 336 valence electrons. The number of phenols is 1. The van der Waals surface area contributed by atoms with Crippen molar-refractivity contribution in [3.8, 4) is 17.0 Å². The topological polar surface area (TPSA) is 212 Å². The molecule has 0 amide bonds. The number of ketones is 1. The number of carbonyl (C=O) groups excluding carboxylic acids is 3. The lowest BCUT2D eigenvalue weighted by Gasteiger charge is -2.07. The van der Waals surface area contributed by atoms with E-state index in [1.54, 1.807) is 60.9 Å². The van der Waals surface area contributed by atoms with Gasteiger partial charge in [0.1, 0.15) is 16.1 Å². The van der Waals surface area contributed by atoms with E-state index in [-0.39, 0.29) is 16.3 Å². The van der Waals surface area contributed by atoms with Gasteiger partial charge in [-0.3, -0.25) is 39.3 Å². The SMILES string of the molecule is O=C(Cl)c1ccc2nc(Cl)cnc2c1.O=C(Cl)c1ccc2ncc(Cl)nc2c1.O=C(O)c1ccc2nccnc2c1.O=C(c1ccc2ncc(-c3ccccc3)nc2c1)c1c(F)ccc(O)c1F. The molecule has 0 saturated heterocycles. The molecule has 0 radical (unpaired) electrons. The highest BCUT2D eigenvalue weighted by molar-refractivity contribution is 6.68. The second-order valence-electron chi connectivity index (χ2n) is 13.8. The van der Waals surface area contributed by atoms with Crippen LogP contribution in [-0.4, -0.2) is 72.3 Å². The summed E-state index contributed by atoms with van der Waals surface area (Å²) in [5, 5.41) is 17.7. The maximum atomic E-state index is 14.1. The number of rotatable bonds is 6. The summed E-state index contributed by atoms with van der Waals surface area (Å²) >= 11 is 22.0. The molecule has 2 N–H and O–H groups in total. The van der Waals surface area contributed by atoms with Crippen molar-refractivity contribution in [1.82, 2.24) is 39.9 Å². The van der Waals surface area contributed by atoms with E-state index in [0.717, 1.165) is 17.7 Å². The van der Waals surface area contributed by atoms with Gasteiger partial charge >= 0.3 is 5.97 Å². The van der Waals surface area contributed by atoms with E-state index in [4.69, 9.17) is 51.5 Å². The van der Waals surface area contributed by atoms with E-state index >= 15 is 0 Å². The van der Waals surface area contributed by atoms with Crippen molar-refractivity contribution in [3.63, 3.8) is 0 Å². The number of aromatic carboxylic acids is 1. The molecular formula is C48H26Cl4F2N8O6. The Balaban J connectivity index is 0.000000143.